The molecule has 4 N–H and O–H groups in total. The van der Waals surface area contributed by atoms with Crippen LogP contribution in [-0.4, -0.2) is 24.2 Å². The maximum Gasteiger partial charge on any atom is 0.251 e. The fourth-order valence-corrected chi connectivity index (χ4v) is 1.05. The molecule has 0 aliphatic heterocycles. The molecule has 0 bridgehead atoms. The van der Waals surface area contributed by atoms with Crippen molar-refractivity contribution in [2.75, 3.05) is 18.9 Å². The van der Waals surface area contributed by atoms with Gasteiger partial charge in [-0.25, -0.2) is 4.39 Å². The molecule has 0 heterocycles. The maximum atomic E-state index is 13.0. The minimum absolute atomic E-state index is 0.0103. The normalized spacial score (nSPS) is 10.0. The lowest BCUT2D eigenvalue weighted by atomic mass is 10.2. The van der Waals surface area contributed by atoms with Crippen LogP contribution < -0.4 is 11.1 Å². The second-order valence-corrected chi connectivity index (χ2v) is 3.07. The van der Waals surface area contributed by atoms with E-state index in [0.717, 1.165) is 6.07 Å². The minimum Gasteiger partial charge on any atom is -0.396 e. The molecule has 5 heteroatoms. The molecule has 0 saturated heterocycles. The molecule has 0 atom stereocenters. The first-order valence-electron chi connectivity index (χ1n) is 4.59. The van der Waals surface area contributed by atoms with Crippen molar-refractivity contribution in [2.45, 2.75) is 6.42 Å². The molecule has 0 radical (unpaired) electrons. The third-order valence-electron chi connectivity index (χ3n) is 1.88. The number of nitrogen functional groups attached to an aromatic ring is 1. The quantitative estimate of drug-likeness (QED) is 0.503. The van der Waals surface area contributed by atoms with Gasteiger partial charge in [0.2, 0.25) is 0 Å². The zero-order valence-corrected chi connectivity index (χ0v) is 8.16. The number of nitrogens with one attached hydrogen (secondary N) is 1. The molecule has 4 nitrogen and oxygen atoms in total. The van der Waals surface area contributed by atoms with Gasteiger partial charge in [-0.05, 0) is 24.6 Å². The van der Waals surface area contributed by atoms with Gasteiger partial charge in [-0.3, -0.25) is 4.79 Å². The maximum absolute atomic E-state index is 13.0. The summed E-state index contributed by atoms with van der Waals surface area (Å²) >= 11 is 0. The van der Waals surface area contributed by atoms with E-state index in [-0.39, 0.29) is 23.8 Å². The fourth-order valence-electron chi connectivity index (χ4n) is 1.05. The highest BCUT2D eigenvalue weighted by atomic mass is 19.1. The van der Waals surface area contributed by atoms with Gasteiger partial charge in [0, 0.05) is 18.7 Å². The van der Waals surface area contributed by atoms with Gasteiger partial charge >= 0.3 is 0 Å². The number of hydrogen-bond donors (Lipinski definition) is 3. The van der Waals surface area contributed by atoms with Gasteiger partial charge in [0.15, 0.2) is 0 Å². The summed E-state index contributed by atoms with van der Waals surface area (Å²) in [6.45, 7) is 0.373. The summed E-state index contributed by atoms with van der Waals surface area (Å²) in [5.41, 5.74) is 5.51. The smallest absolute Gasteiger partial charge is 0.251 e. The zero-order chi connectivity index (χ0) is 11.3. The number of aliphatic hydroxyl groups excluding tert-OH is 1. The third-order valence-corrected chi connectivity index (χ3v) is 1.88. The van der Waals surface area contributed by atoms with Crippen LogP contribution in [0.25, 0.3) is 0 Å². The topological polar surface area (TPSA) is 75.4 Å². The molecule has 0 fully saturated rings. The number of benzene rings is 1. The van der Waals surface area contributed by atoms with Crippen molar-refractivity contribution in [1.82, 2.24) is 5.32 Å². The molecule has 1 aromatic rings. The Hall–Kier alpha value is -1.62. The van der Waals surface area contributed by atoms with Crippen LogP contribution in [-0.2, 0) is 0 Å². The van der Waals surface area contributed by atoms with Gasteiger partial charge < -0.3 is 16.2 Å². The van der Waals surface area contributed by atoms with Crippen LogP contribution in [0.4, 0.5) is 10.1 Å². The molecule has 15 heavy (non-hydrogen) atoms. The summed E-state index contributed by atoms with van der Waals surface area (Å²) in [5, 5.41) is 11.0. The van der Waals surface area contributed by atoms with E-state index in [1.165, 1.54) is 12.1 Å². The Bertz CT molecular complexity index is 355. The Kier molecular flexibility index (Phi) is 4.05. The number of carbonyl (C=O) groups excluding carboxylic acids is 1. The lowest BCUT2D eigenvalue weighted by molar-refractivity contribution is 0.0950. The number of rotatable bonds is 4. The van der Waals surface area contributed by atoms with E-state index in [4.69, 9.17) is 10.8 Å². The number of halogens is 1. The predicted octanol–water partition coefficient (Wildman–Crippen LogP) is 0.520. The highest BCUT2D eigenvalue weighted by Gasteiger charge is 2.07. The number of amides is 1. The van der Waals surface area contributed by atoms with Gasteiger partial charge in [0.1, 0.15) is 5.82 Å². The minimum atomic E-state index is -0.607. The van der Waals surface area contributed by atoms with Gasteiger partial charge in [-0.2, -0.15) is 0 Å². The SMILES string of the molecule is Nc1ccc(C(=O)NCCCO)cc1F. The molecule has 82 valence electrons. The summed E-state index contributed by atoms with van der Waals surface area (Å²) in [6.07, 6.45) is 0.475. The fraction of sp³-hybridized carbons (Fsp3) is 0.300. The Morgan fingerprint density at radius 2 is 2.27 bits per heavy atom. The van der Waals surface area contributed by atoms with Crippen molar-refractivity contribution in [3.05, 3.63) is 29.6 Å². The molecule has 0 saturated carbocycles. The summed E-state index contributed by atoms with van der Waals surface area (Å²) < 4.78 is 13.0. The highest BCUT2D eigenvalue weighted by molar-refractivity contribution is 5.94. The van der Waals surface area contributed by atoms with Crippen LogP contribution in [0, 0.1) is 5.82 Å². The van der Waals surface area contributed by atoms with Crippen LogP contribution in [0.15, 0.2) is 18.2 Å². The molecule has 0 aromatic heterocycles. The third kappa shape index (κ3) is 3.21. The average molecular weight is 212 g/mol. The Balaban J connectivity index is 2.62. The predicted molar refractivity (Wildman–Crippen MR) is 54.8 cm³/mol. The number of aliphatic hydroxyl groups is 1. The van der Waals surface area contributed by atoms with Crippen molar-refractivity contribution in [3.63, 3.8) is 0 Å². The van der Waals surface area contributed by atoms with Crippen LogP contribution in [0.5, 0.6) is 0 Å². The summed E-state index contributed by atoms with van der Waals surface area (Å²) in [4.78, 5) is 11.4. The molecular weight excluding hydrogens is 199 g/mol. The second kappa shape index (κ2) is 5.31. The largest absolute Gasteiger partial charge is 0.396 e. The monoisotopic (exact) mass is 212 g/mol. The first-order chi connectivity index (χ1) is 7.15. The van der Waals surface area contributed by atoms with E-state index in [1.54, 1.807) is 0 Å². The highest BCUT2D eigenvalue weighted by Crippen LogP contribution is 2.11. The van der Waals surface area contributed by atoms with Crippen molar-refractivity contribution < 1.29 is 14.3 Å². The molecule has 1 amide bonds. The zero-order valence-electron chi connectivity index (χ0n) is 8.16. The second-order valence-electron chi connectivity index (χ2n) is 3.07. The van der Waals surface area contributed by atoms with E-state index in [1.807, 2.05) is 0 Å². The van der Waals surface area contributed by atoms with Gasteiger partial charge in [-0.15, -0.1) is 0 Å². The number of carbonyl (C=O) groups is 1. The number of anilines is 1. The summed E-state index contributed by atoms with van der Waals surface area (Å²) in [7, 11) is 0. The van der Waals surface area contributed by atoms with E-state index in [0.29, 0.717) is 13.0 Å². The van der Waals surface area contributed by atoms with Crippen molar-refractivity contribution in [3.8, 4) is 0 Å². The number of nitrogens with two attached hydrogens (primary N) is 1. The summed E-state index contributed by atoms with van der Waals surface area (Å²) in [6, 6.07) is 3.88. The van der Waals surface area contributed by atoms with Crippen LogP contribution in [0.1, 0.15) is 16.8 Å². The summed E-state index contributed by atoms with van der Waals surface area (Å²) in [5.74, 6) is -0.979. The van der Waals surface area contributed by atoms with Crippen LogP contribution in [0.3, 0.4) is 0 Å². The van der Waals surface area contributed by atoms with E-state index in [9.17, 15) is 9.18 Å². The molecule has 0 unspecified atom stereocenters. The van der Waals surface area contributed by atoms with E-state index < -0.39 is 5.82 Å². The first-order valence-corrected chi connectivity index (χ1v) is 4.59. The average Bonchev–Trinajstić information content (AvgIpc) is 2.22. The first kappa shape index (κ1) is 11.5. The van der Waals surface area contributed by atoms with Crippen molar-refractivity contribution in [2.24, 2.45) is 0 Å². The van der Waals surface area contributed by atoms with Crippen LogP contribution in [0.2, 0.25) is 0 Å². The van der Waals surface area contributed by atoms with Crippen molar-refractivity contribution >= 4 is 11.6 Å². The molecule has 0 aliphatic rings. The van der Waals surface area contributed by atoms with Gasteiger partial charge in [-0.1, -0.05) is 0 Å². The lowest BCUT2D eigenvalue weighted by Gasteiger charge is -2.04. The molecule has 0 aliphatic carbocycles. The Labute approximate surface area is 86.9 Å². The Morgan fingerprint density at radius 3 is 2.87 bits per heavy atom. The van der Waals surface area contributed by atoms with E-state index in [2.05, 4.69) is 5.32 Å². The molecule has 1 aromatic carbocycles. The Morgan fingerprint density at radius 1 is 1.53 bits per heavy atom. The van der Waals surface area contributed by atoms with Gasteiger partial charge in [0.25, 0.3) is 5.91 Å². The van der Waals surface area contributed by atoms with Crippen LogP contribution >= 0.6 is 0 Å². The van der Waals surface area contributed by atoms with E-state index >= 15 is 0 Å². The standard InChI is InChI=1S/C10H13FN2O2/c11-8-6-7(2-3-9(8)12)10(15)13-4-1-5-14/h2-3,6,14H,1,4-5,12H2,(H,13,15). The number of hydrogen-bond acceptors (Lipinski definition) is 3. The molecule has 0 spiro atoms. The lowest BCUT2D eigenvalue weighted by Crippen LogP contribution is -2.25. The van der Waals surface area contributed by atoms with Gasteiger partial charge in [0.05, 0.1) is 5.69 Å². The van der Waals surface area contributed by atoms with Crippen molar-refractivity contribution in [1.29, 1.82) is 0 Å². The molecule has 1 rings (SSSR count). The molecular formula is C10H13FN2O2.